The number of rotatable bonds is 5. The minimum atomic E-state index is -0.745. The zero-order valence-electron chi connectivity index (χ0n) is 14.4. The molecular formula is C17H27N3O4S. The molecule has 0 aromatic carbocycles. The molecule has 4 atom stereocenters. The number of amides is 2. The summed E-state index contributed by atoms with van der Waals surface area (Å²) in [5.41, 5.74) is 0.754. The maximum Gasteiger partial charge on any atom is 0.319 e. The fraction of sp³-hybridized carbons (Fsp3) is 0.706. The Bertz CT molecular complexity index is 548. The minimum Gasteiger partial charge on any atom is -0.394 e. The Morgan fingerprint density at radius 1 is 1.40 bits per heavy atom. The largest absolute Gasteiger partial charge is 0.394 e. The van der Waals surface area contributed by atoms with Crippen molar-refractivity contribution in [2.45, 2.75) is 44.1 Å². The van der Waals surface area contributed by atoms with Gasteiger partial charge in [0.05, 0.1) is 24.4 Å². The molecule has 0 saturated carbocycles. The monoisotopic (exact) mass is 369 g/mol. The van der Waals surface area contributed by atoms with Crippen LogP contribution < -0.4 is 10.6 Å². The molecule has 140 valence electrons. The third-order valence-electron chi connectivity index (χ3n) is 5.12. The Labute approximate surface area is 152 Å². The van der Waals surface area contributed by atoms with Crippen molar-refractivity contribution in [3.05, 3.63) is 16.8 Å². The molecule has 0 aliphatic carbocycles. The molecular weight excluding hydrogens is 342 g/mol. The van der Waals surface area contributed by atoms with E-state index in [0.717, 1.165) is 31.6 Å². The first-order chi connectivity index (χ1) is 12.1. The number of carbonyl (C=O) groups is 1. The Morgan fingerprint density at radius 2 is 2.16 bits per heavy atom. The standard InChI is InChI=1S/C17H27N3O4S/c1-11-2-5-20(6-3-11)15-13(24-14(9-21)16(15)22)8-18-17(23)19-12-4-7-25-10-12/h4,7,10-11,13-16,21-22H,2-3,5-6,8-9H2,1H3,(H2,18,19,23)/t13-,14+,15+,16-/m1/s1. The highest BCUT2D eigenvalue weighted by molar-refractivity contribution is 7.08. The lowest BCUT2D eigenvalue weighted by Crippen LogP contribution is -2.53. The maximum atomic E-state index is 12.0. The number of aliphatic hydroxyl groups excluding tert-OH is 2. The van der Waals surface area contributed by atoms with Crippen LogP contribution in [-0.4, -0.2) is 71.7 Å². The van der Waals surface area contributed by atoms with Crippen LogP contribution in [0.15, 0.2) is 16.8 Å². The molecule has 2 amide bonds. The fourth-order valence-corrected chi connectivity index (χ4v) is 4.22. The summed E-state index contributed by atoms with van der Waals surface area (Å²) in [5, 5.41) is 29.3. The summed E-state index contributed by atoms with van der Waals surface area (Å²) < 4.78 is 5.82. The maximum absolute atomic E-state index is 12.0. The zero-order valence-corrected chi connectivity index (χ0v) is 15.2. The number of nitrogens with one attached hydrogen (secondary N) is 2. The molecule has 8 heteroatoms. The van der Waals surface area contributed by atoms with Crippen LogP contribution >= 0.6 is 11.3 Å². The first-order valence-electron chi connectivity index (χ1n) is 8.84. The van der Waals surface area contributed by atoms with Crippen LogP contribution in [0.4, 0.5) is 10.5 Å². The van der Waals surface area contributed by atoms with Gasteiger partial charge in [0.25, 0.3) is 0 Å². The molecule has 0 spiro atoms. The number of likely N-dealkylation sites (tertiary alicyclic amines) is 1. The first-order valence-corrected chi connectivity index (χ1v) is 9.78. The molecule has 0 unspecified atom stereocenters. The van der Waals surface area contributed by atoms with E-state index in [9.17, 15) is 15.0 Å². The second kappa shape index (κ2) is 8.46. The van der Waals surface area contributed by atoms with Gasteiger partial charge >= 0.3 is 6.03 Å². The molecule has 1 aromatic heterocycles. The second-order valence-corrected chi connectivity index (χ2v) is 7.72. The lowest BCUT2D eigenvalue weighted by Gasteiger charge is -2.38. The number of aliphatic hydroxyl groups is 2. The summed E-state index contributed by atoms with van der Waals surface area (Å²) >= 11 is 1.51. The molecule has 4 N–H and O–H groups in total. The Hall–Kier alpha value is -1.19. The van der Waals surface area contributed by atoms with Crippen LogP contribution in [0.2, 0.25) is 0 Å². The van der Waals surface area contributed by atoms with E-state index in [0.29, 0.717) is 12.5 Å². The summed E-state index contributed by atoms with van der Waals surface area (Å²) in [6.45, 7) is 4.12. The number of thiophene rings is 1. The number of nitrogens with zero attached hydrogens (tertiary/aromatic N) is 1. The molecule has 1 aromatic rings. The quantitative estimate of drug-likeness (QED) is 0.623. The van der Waals surface area contributed by atoms with Crippen LogP contribution in [-0.2, 0) is 4.74 Å². The summed E-state index contributed by atoms with van der Waals surface area (Å²) in [6, 6.07) is 1.33. The number of hydrogen-bond acceptors (Lipinski definition) is 6. The van der Waals surface area contributed by atoms with Gasteiger partial charge in [-0.15, -0.1) is 0 Å². The Kier molecular flexibility index (Phi) is 6.29. The lowest BCUT2D eigenvalue weighted by molar-refractivity contribution is -0.0205. The van der Waals surface area contributed by atoms with Crippen molar-refractivity contribution in [3.8, 4) is 0 Å². The van der Waals surface area contributed by atoms with Crippen molar-refractivity contribution in [1.29, 1.82) is 0 Å². The Morgan fingerprint density at radius 3 is 2.80 bits per heavy atom. The highest BCUT2D eigenvalue weighted by Gasteiger charge is 2.46. The van der Waals surface area contributed by atoms with Gasteiger partial charge in [-0.05, 0) is 43.3 Å². The van der Waals surface area contributed by atoms with Gasteiger partial charge in [-0.25, -0.2) is 4.79 Å². The average molecular weight is 369 g/mol. The van der Waals surface area contributed by atoms with E-state index in [1.54, 1.807) is 0 Å². The average Bonchev–Trinajstić information content (AvgIpc) is 3.21. The first kappa shape index (κ1) is 18.6. The van der Waals surface area contributed by atoms with Gasteiger partial charge < -0.3 is 25.6 Å². The van der Waals surface area contributed by atoms with E-state index >= 15 is 0 Å². The van der Waals surface area contributed by atoms with Gasteiger partial charge in [-0.1, -0.05) is 6.92 Å². The van der Waals surface area contributed by atoms with E-state index in [4.69, 9.17) is 4.74 Å². The lowest BCUT2D eigenvalue weighted by atomic mass is 9.94. The minimum absolute atomic E-state index is 0.203. The topological polar surface area (TPSA) is 94.1 Å². The molecule has 2 aliphatic heterocycles. The van der Waals surface area contributed by atoms with E-state index in [1.807, 2.05) is 16.8 Å². The van der Waals surface area contributed by atoms with Gasteiger partial charge in [0.2, 0.25) is 0 Å². The molecule has 7 nitrogen and oxygen atoms in total. The third kappa shape index (κ3) is 4.51. The van der Waals surface area contributed by atoms with Crippen molar-refractivity contribution in [3.63, 3.8) is 0 Å². The number of ether oxygens (including phenoxy) is 1. The second-order valence-electron chi connectivity index (χ2n) is 6.94. The van der Waals surface area contributed by atoms with Crippen molar-refractivity contribution in [1.82, 2.24) is 10.2 Å². The van der Waals surface area contributed by atoms with Gasteiger partial charge in [-0.2, -0.15) is 11.3 Å². The van der Waals surface area contributed by atoms with Crippen LogP contribution in [0, 0.1) is 5.92 Å². The van der Waals surface area contributed by atoms with Crippen LogP contribution in [0.25, 0.3) is 0 Å². The molecule has 2 fully saturated rings. The summed E-state index contributed by atoms with van der Waals surface area (Å²) in [4.78, 5) is 14.3. The molecule has 3 heterocycles. The summed E-state index contributed by atoms with van der Waals surface area (Å²) in [7, 11) is 0. The molecule has 2 aliphatic rings. The molecule has 0 bridgehead atoms. The number of piperidine rings is 1. The predicted molar refractivity (Wildman–Crippen MR) is 96.9 cm³/mol. The molecule has 25 heavy (non-hydrogen) atoms. The molecule has 3 rings (SSSR count). The van der Waals surface area contributed by atoms with Crippen molar-refractivity contribution in [2.24, 2.45) is 5.92 Å². The number of urea groups is 1. The molecule has 0 radical (unpaired) electrons. The third-order valence-corrected chi connectivity index (χ3v) is 5.81. The van der Waals surface area contributed by atoms with Crippen molar-refractivity contribution in [2.75, 3.05) is 31.6 Å². The van der Waals surface area contributed by atoms with E-state index in [-0.39, 0.29) is 24.8 Å². The van der Waals surface area contributed by atoms with Gasteiger partial charge in [-0.3, -0.25) is 4.90 Å². The van der Waals surface area contributed by atoms with Gasteiger partial charge in [0, 0.05) is 11.9 Å². The number of hydrogen-bond donors (Lipinski definition) is 4. The van der Waals surface area contributed by atoms with Crippen LogP contribution in [0.3, 0.4) is 0 Å². The predicted octanol–water partition coefficient (Wildman–Crippen LogP) is 1.09. The summed E-state index contributed by atoms with van der Waals surface area (Å²) in [5.74, 6) is 0.692. The Balaban J connectivity index is 1.58. The van der Waals surface area contributed by atoms with Gasteiger partial charge in [0.15, 0.2) is 0 Å². The highest BCUT2D eigenvalue weighted by Crippen LogP contribution is 2.29. The zero-order chi connectivity index (χ0) is 17.8. The van der Waals surface area contributed by atoms with E-state index in [2.05, 4.69) is 22.5 Å². The SMILES string of the molecule is CC1CCN([C@@H]2[C@H](O)[C@H](CO)O[C@@H]2CNC(=O)Nc2ccsc2)CC1. The van der Waals surface area contributed by atoms with Gasteiger partial charge in [0.1, 0.15) is 12.2 Å². The summed E-state index contributed by atoms with van der Waals surface area (Å²) in [6.07, 6.45) is 0.493. The van der Waals surface area contributed by atoms with Crippen LogP contribution in [0.5, 0.6) is 0 Å². The number of carbonyl (C=O) groups excluding carboxylic acids is 1. The molecule has 2 saturated heterocycles. The fourth-order valence-electron chi connectivity index (χ4n) is 3.63. The van der Waals surface area contributed by atoms with Crippen molar-refractivity contribution < 1.29 is 19.7 Å². The number of anilines is 1. The van der Waals surface area contributed by atoms with Crippen molar-refractivity contribution >= 4 is 23.1 Å². The highest BCUT2D eigenvalue weighted by atomic mass is 32.1. The smallest absolute Gasteiger partial charge is 0.319 e. The van der Waals surface area contributed by atoms with Crippen LogP contribution in [0.1, 0.15) is 19.8 Å². The van der Waals surface area contributed by atoms with E-state index < -0.39 is 12.2 Å². The normalized spacial score (nSPS) is 31.2. The van der Waals surface area contributed by atoms with E-state index in [1.165, 1.54) is 11.3 Å².